The number of carbonyl (C=O) groups is 1. The van der Waals surface area contributed by atoms with Gasteiger partial charge in [-0.15, -0.1) is 0 Å². The van der Waals surface area contributed by atoms with E-state index in [1.54, 1.807) is 12.1 Å². The SMILES string of the molecule is O=C(O)C(O)c1ccc(N2CCCCC2)c(Cl)c1. The van der Waals surface area contributed by atoms with Crippen LogP contribution < -0.4 is 4.90 Å². The number of halogens is 1. The van der Waals surface area contributed by atoms with Gasteiger partial charge in [0.1, 0.15) is 0 Å². The first-order chi connectivity index (χ1) is 8.59. The molecule has 1 aromatic carbocycles. The van der Waals surface area contributed by atoms with Crippen LogP contribution in [0.3, 0.4) is 0 Å². The number of nitrogens with zero attached hydrogens (tertiary/aromatic N) is 1. The van der Waals surface area contributed by atoms with Crippen LogP contribution in [-0.4, -0.2) is 29.3 Å². The van der Waals surface area contributed by atoms with Crippen LogP contribution in [0.15, 0.2) is 18.2 Å². The number of aliphatic carboxylic acids is 1. The van der Waals surface area contributed by atoms with Gasteiger partial charge >= 0.3 is 5.97 Å². The maximum Gasteiger partial charge on any atom is 0.337 e. The highest BCUT2D eigenvalue weighted by atomic mass is 35.5. The van der Waals surface area contributed by atoms with Crippen molar-refractivity contribution < 1.29 is 15.0 Å². The zero-order valence-electron chi connectivity index (χ0n) is 9.97. The van der Waals surface area contributed by atoms with Gasteiger partial charge in [-0.25, -0.2) is 4.79 Å². The first kappa shape index (κ1) is 13.2. The predicted molar refractivity (Wildman–Crippen MR) is 70.1 cm³/mol. The number of benzene rings is 1. The number of aliphatic hydroxyl groups excluding tert-OH is 1. The van der Waals surface area contributed by atoms with Crippen molar-refractivity contribution in [3.05, 3.63) is 28.8 Å². The van der Waals surface area contributed by atoms with Crippen LogP contribution in [0, 0.1) is 0 Å². The normalized spacial score (nSPS) is 17.6. The van der Waals surface area contributed by atoms with Crippen molar-refractivity contribution >= 4 is 23.3 Å². The Hall–Kier alpha value is -1.26. The summed E-state index contributed by atoms with van der Waals surface area (Å²) in [4.78, 5) is 12.9. The highest BCUT2D eigenvalue weighted by Gasteiger charge is 2.19. The maximum atomic E-state index is 10.7. The summed E-state index contributed by atoms with van der Waals surface area (Å²) in [5.74, 6) is -1.27. The highest BCUT2D eigenvalue weighted by Crippen LogP contribution is 2.30. The maximum absolute atomic E-state index is 10.7. The molecule has 0 amide bonds. The molecule has 1 aliphatic rings. The third-order valence-corrected chi connectivity index (χ3v) is 3.52. The lowest BCUT2D eigenvalue weighted by atomic mass is 10.1. The number of carboxylic acid groups (broad SMARTS) is 1. The van der Waals surface area contributed by atoms with Crippen LogP contribution in [0.4, 0.5) is 5.69 Å². The van der Waals surface area contributed by atoms with Gasteiger partial charge in [0, 0.05) is 13.1 Å². The number of hydrogen-bond acceptors (Lipinski definition) is 3. The third-order valence-electron chi connectivity index (χ3n) is 3.22. The lowest BCUT2D eigenvalue weighted by Crippen LogP contribution is -2.29. The van der Waals surface area contributed by atoms with Crippen LogP contribution in [0.2, 0.25) is 5.02 Å². The second-order valence-corrected chi connectivity index (χ2v) is 4.91. The molecular formula is C13H16ClNO3. The van der Waals surface area contributed by atoms with Gasteiger partial charge in [-0.3, -0.25) is 0 Å². The quantitative estimate of drug-likeness (QED) is 0.885. The van der Waals surface area contributed by atoms with Crippen molar-refractivity contribution in [2.24, 2.45) is 0 Å². The summed E-state index contributed by atoms with van der Waals surface area (Å²) in [5, 5.41) is 18.7. The van der Waals surface area contributed by atoms with E-state index in [9.17, 15) is 9.90 Å². The summed E-state index contributed by atoms with van der Waals surface area (Å²) in [6.07, 6.45) is 2.02. The molecule has 2 rings (SSSR count). The van der Waals surface area contributed by atoms with E-state index < -0.39 is 12.1 Å². The summed E-state index contributed by atoms with van der Waals surface area (Å²) in [7, 11) is 0. The van der Waals surface area contributed by atoms with Crippen molar-refractivity contribution in [3.8, 4) is 0 Å². The Morgan fingerprint density at radius 2 is 1.94 bits per heavy atom. The molecule has 1 saturated heterocycles. The van der Waals surface area contributed by atoms with Crippen LogP contribution in [0.1, 0.15) is 30.9 Å². The fourth-order valence-corrected chi connectivity index (χ4v) is 2.54. The fourth-order valence-electron chi connectivity index (χ4n) is 2.23. The van der Waals surface area contributed by atoms with Crippen molar-refractivity contribution in [2.45, 2.75) is 25.4 Å². The van der Waals surface area contributed by atoms with E-state index in [0.29, 0.717) is 10.6 Å². The highest BCUT2D eigenvalue weighted by molar-refractivity contribution is 6.33. The minimum atomic E-state index is -1.52. The molecule has 0 radical (unpaired) electrons. The van der Waals surface area contributed by atoms with Crippen LogP contribution in [0.5, 0.6) is 0 Å². The molecule has 18 heavy (non-hydrogen) atoms. The molecule has 0 aromatic heterocycles. The van der Waals surface area contributed by atoms with Crippen LogP contribution >= 0.6 is 11.6 Å². The van der Waals surface area contributed by atoms with Crippen molar-refractivity contribution in [1.29, 1.82) is 0 Å². The number of anilines is 1. The molecule has 4 nitrogen and oxygen atoms in total. The van der Waals surface area contributed by atoms with Gasteiger partial charge in [0.2, 0.25) is 0 Å². The first-order valence-electron chi connectivity index (χ1n) is 6.05. The Labute approximate surface area is 111 Å². The monoisotopic (exact) mass is 269 g/mol. The Morgan fingerprint density at radius 1 is 1.28 bits per heavy atom. The Bertz CT molecular complexity index is 444. The minimum Gasteiger partial charge on any atom is -0.479 e. The topological polar surface area (TPSA) is 60.8 Å². The van der Waals surface area contributed by atoms with Gasteiger partial charge in [-0.1, -0.05) is 17.7 Å². The smallest absolute Gasteiger partial charge is 0.337 e. The summed E-state index contributed by atoms with van der Waals surface area (Å²) >= 11 is 6.17. The van der Waals surface area contributed by atoms with E-state index in [0.717, 1.165) is 31.6 Å². The number of hydrogen-bond donors (Lipinski definition) is 2. The number of piperidine rings is 1. The molecule has 1 aliphatic heterocycles. The third kappa shape index (κ3) is 2.76. The Kier molecular flexibility index (Phi) is 4.09. The molecule has 1 aromatic rings. The second kappa shape index (κ2) is 5.59. The molecular weight excluding hydrogens is 254 g/mol. The minimum absolute atomic E-state index is 0.313. The van der Waals surface area contributed by atoms with Gasteiger partial charge in [0.25, 0.3) is 0 Å². The second-order valence-electron chi connectivity index (χ2n) is 4.50. The lowest BCUT2D eigenvalue weighted by molar-refractivity contribution is -0.146. The summed E-state index contributed by atoms with van der Waals surface area (Å²) in [6.45, 7) is 1.95. The molecule has 98 valence electrons. The average molecular weight is 270 g/mol. The van der Waals surface area contributed by atoms with Crippen molar-refractivity contribution in [3.63, 3.8) is 0 Å². The number of aliphatic hydroxyl groups is 1. The predicted octanol–water partition coefficient (Wildman–Crippen LogP) is 2.45. The van der Waals surface area contributed by atoms with E-state index in [4.69, 9.17) is 16.7 Å². The number of carboxylic acids is 1. The standard InChI is InChI=1S/C13H16ClNO3/c14-10-8-9(12(16)13(17)18)4-5-11(10)15-6-2-1-3-7-15/h4-5,8,12,16H,1-3,6-7H2,(H,17,18). The van der Waals surface area contributed by atoms with Gasteiger partial charge in [0.15, 0.2) is 6.10 Å². The first-order valence-corrected chi connectivity index (χ1v) is 6.42. The van der Waals surface area contributed by atoms with Gasteiger partial charge in [-0.05, 0) is 37.0 Å². The summed E-state index contributed by atoms with van der Waals surface area (Å²) in [5.41, 5.74) is 1.23. The van der Waals surface area contributed by atoms with Gasteiger partial charge in [0.05, 0.1) is 10.7 Å². The van der Waals surface area contributed by atoms with Crippen LogP contribution in [0.25, 0.3) is 0 Å². The molecule has 0 spiro atoms. The van der Waals surface area contributed by atoms with Gasteiger partial charge < -0.3 is 15.1 Å². The Morgan fingerprint density at radius 3 is 2.50 bits per heavy atom. The molecule has 1 unspecified atom stereocenters. The molecule has 1 atom stereocenters. The average Bonchev–Trinajstić information content (AvgIpc) is 2.38. The Balaban J connectivity index is 2.21. The summed E-state index contributed by atoms with van der Waals surface area (Å²) in [6, 6.07) is 4.94. The fraction of sp³-hybridized carbons (Fsp3) is 0.462. The number of rotatable bonds is 3. The zero-order chi connectivity index (χ0) is 13.1. The van der Waals surface area contributed by atoms with Crippen LogP contribution in [-0.2, 0) is 4.79 Å². The molecule has 2 N–H and O–H groups in total. The summed E-state index contributed by atoms with van der Waals surface area (Å²) < 4.78 is 0. The molecule has 0 bridgehead atoms. The zero-order valence-corrected chi connectivity index (χ0v) is 10.7. The molecule has 1 heterocycles. The van der Waals surface area contributed by atoms with E-state index in [2.05, 4.69) is 4.90 Å². The molecule has 0 saturated carbocycles. The van der Waals surface area contributed by atoms with E-state index >= 15 is 0 Å². The van der Waals surface area contributed by atoms with Crippen molar-refractivity contribution in [2.75, 3.05) is 18.0 Å². The largest absolute Gasteiger partial charge is 0.479 e. The molecule has 0 aliphatic carbocycles. The molecule has 1 fully saturated rings. The van der Waals surface area contributed by atoms with Crippen molar-refractivity contribution in [1.82, 2.24) is 0 Å². The molecule has 5 heteroatoms. The van der Waals surface area contributed by atoms with E-state index in [-0.39, 0.29) is 0 Å². The van der Waals surface area contributed by atoms with E-state index in [1.807, 2.05) is 0 Å². The van der Waals surface area contributed by atoms with Gasteiger partial charge in [-0.2, -0.15) is 0 Å². The lowest BCUT2D eigenvalue weighted by Gasteiger charge is -2.29. The van der Waals surface area contributed by atoms with E-state index in [1.165, 1.54) is 12.5 Å².